The summed E-state index contributed by atoms with van der Waals surface area (Å²) in [7, 11) is 0. The Morgan fingerprint density at radius 2 is 1.20 bits per heavy atom. The fraction of sp³-hybridized carbons (Fsp3) is 0.0769. The van der Waals surface area contributed by atoms with E-state index in [4.69, 9.17) is 0 Å². The van der Waals surface area contributed by atoms with Crippen LogP contribution in [0.2, 0.25) is 5.82 Å². The molecule has 0 spiro atoms. The zero-order valence-corrected chi connectivity index (χ0v) is 11.9. The molecule has 0 saturated heterocycles. The van der Waals surface area contributed by atoms with Crippen LogP contribution in [0.15, 0.2) is 54.6 Å². The van der Waals surface area contributed by atoms with Crippen molar-refractivity contribution in [1.29, 1.82) is 0 Å². The molecule has 76 valence electrons. The van der Waals surface area contributed by atoms with Gasteiger partial charge in [0.05, 0.1) is 0 Å². The Morgan fingerprint density at radius 1 is 0.667 bits per heavy atom. The number of hydrogen-bond donors (Lipinski definition) is 0. The first kappa shape index (κ1) is 11.0. The molecule has 0 unspecified atom stereocenters. The van der Waals surface area contributed by atoms with Crippen molar-refractivity contribution in [3.05, 3.63) is 54.6 Å². The van der Waals surface area contributed by atoms with Crippen molar-refractivity contribution in [3.63, 3.8) is 0 Å². The van der Waals surface area contributed by atoms with Gasteiger partial charge in [-0.05, 0) is 0 Å². The molecule has 0 aromatic heterocycles. The third-order valence-corrected chi connectivity index (χ3v) is 5.73. The van der Waals surface area contributed by atoms with Crippen molar-refractivity contribution in [2.24, 2.45) is 0 Å². The second-order valence-electron chi connectivity index (χ2n) is 3.09. The van der Waals surface area contributed by atoms with E-state index in [1.54, 1.807) is 0 Å². The molecular weight excluding hydrogens is 314 g/mol. The third-order valence-electron chi connectivity index (χ3n) is 2.04. The van der Waals surface area contributed by atoms with Gasteiger partial charge in [0.2, 0.25) is 0 Å². The van der Waals surface area contributed by atoms with Crippen LogP contribution in [0.1, 0.15) is 0 Å². The SMILES string of the molecule is C[Se]c1ccc([Se]c2ccccc2)cc1. The fourth-order valence-corrected chi connectivity index (χ4v) is 3.88. The summed E-state index contributed by atoms with van der Waals surface area (Å²) < 4.78 is 4.39. The molecule has 0 bridgehead atoms. The van der Waals surface area contributed by atoms with Crippen molar-refractivity contribution in [2.45, 2.75) is 5.82 Å². The summed E-state index contributed by atoms with van der Waals surface area (Å²) in [5.41, 5.74) is 0. The summed E-state index contributed by atoms with van der Waals surface area (Å²) >= 11 is 1.08. The molecule has 2 aromatic rings. The van der Waals surface area contributed by atoms with Gasteiger partial charge in [0.15, 0.2) is 0 Å². The normalized spacial score (nSPS) is 10.2. The van der Waals surface area contributed by atoms with E-state index >= 15 is 0 Å². The predicted molar refractivity (Wildman–Crippen MR) is 69.2 cm³/mol. The van der Waals surface area contributed by atoms with Gasteiger partial charge in [0.25, 0.3) is 0 Å². The molecule has 0 radical (unpaired) electrons. The summed E-state index contributed by atoms with van der Waals surface area (Å²) in [5.74, 6) is 2.25. The first-order valence-corrected chi connectivity index (χ1v) is 9.04. The molecule has 0 fully saturated rings. The van der Waals surface area contributed by atoms with Gasteiger partial charge in [0, 0.05) is 0 Å². The van der Waals surface area contributed by atoms with Crippen LogP contribution in [0.25, 0.3) is 0 Å². The van der Waals surface area contributed by atoms with Gasteiger partial charge < -0.3 is 0 Å². The number of benzene rings is 2. The molecule has 2 heteroatoms. The maximum absolute atomic E-state index is 2.27. The van der Waals surface area contributed by atoms with E-state index in [2.05, 4.69) is 60.4 Å². The molecule has 0 atom stereocenters. The molecule has 2 rings (SSSR count). The Balaban J connectivity index is 2.11. The van der Waals surface area contributed by atoms with Crippen molar-refractivity contribution < 1.29 is 0 Å². The Bertz CT molecular complexity index is 406. The van der Waals surface area contributed by atoms with E-state index < -0.39 is 0 Å². The summed E-state index contributed by atoms with van der Waals surface area (Å²) in [6.07, 6.45) is 0. The standard InChI is InChI=1S/C13H12Se2/c1-14-11-7-9-13(10-8-11)15-12-5-3-2-4-6-12/h2-10H,1H3. The minimum absolute atomic E-state index is 0.459. The Kier molecular flexibility index (Phi) is 4.05. The fourth-order valence-electron chi connectivity index (χ4n) is 1.27. The van der Waals surface area contributed by atoms with E-state index in [1.165, 1.54) is 13.4 Å². The molecule has 0 nitrogen and oxygen atoms in total. The third kappa shape index (κ3) is 3.22. The quantitative estimate of drug-likeness (QED) is 0.730. The molecule has 0 saturated carbocycles. The van der Waals surface area contributed by atoms with Crippen LogP contribution < -0.4 is 13.4 Å². The first-order valence-electron chi connectivity index (χ1n) is 4.75. The first-order chi connectivity index (χ1) is 7.38. The molecule has 2 aromatic carbocycles. The van der Waals surface area contributed by atoms with Gasteiger partial charge in [-0.15, -0.1) is 0 Å². The summed E-state index contributed by atoms with van der Waals surface area (Å²) in [6.45, 7) is 0. The number of rotatable bonds is 3. The molecule has 0 aliphatic heterocycles. The van der Waals surface area contributed by atoms with Crippen molar-refractivity contribution in [1.82, 2.24) is 0 Å². The molecule has 0 N–H and O–H groups in total. The van der Waals surface area contributed by atoms with Crippen LogP contribution in [-0.4, -0.2) is 29.9 Å². The summed E-state index contributed by atoms with van der Waals surface area (Å²) in [4.78, 5) is 0. The Labute approximate surface area is 103 Å². The van der Waals surface area contributed by atoms with Gasteiger partial charge in [-0.2, -0.15) is 0 Å². The van der Waals surface area contributed by atoms with E-state index in [0.29, 0.717) is 29.9 Å². The van der Waals surface area contributed by atoms with Crippen LogP contribution in [0, 0.1) is 0 Å². The Morgan fingerprint density at radius 3 is 1.80 bits per heavy atom. The van der Waals surface area contributed by atoms with E-state index in [9.17, 15) is 0 Å². The van der Waals surface area contributed by atoms with Gasteiger partial charge in [-0.3, -0.25) is 0 Å². The average Bonchev–Trinajstić information content (AvgIpc) is 2.31. The van der Waals surface area contributed by atoms with Crippen LogP contribution in [-0.2, 0) is 0 Å². The van der Waals surface area contributed by atoms with Crippen LogP contribution >= 0.6 is 0 Å². The molecule has 0 aliphatic carbocycles. The topological polar surface area (TPSA) is 0 Å². The zero-order chi connectivity index (χ0) is 10.5. The molecule has 0 heterocycles. The summed E-state index contributed by atoms with van der Waals surface area (Å²) in [5, 5.41) is 0. The predicted octanol–water partition coefficient (Wildman–Crippen LogP) is 0.719. The van der Waals surface area contributed by atoms with Gasteiger partial charge in [-0.25, -0.2) is 0 Å². The minimum atomic E-state index is 0.459. The molecule has 0 amide bonds. The molecule has 15 heavy (non-hydrogen) atoms. The number of hydrogen-bond acceptors (Lipinski definition) is 0. The zero-order valence-electron chi connectivity index (χ0n) is 8.51. The van der Waals surface area contributed by atoms with Gasteiger partial charge >= 0.3 is 104 Å². The second kappa shape index (κ2) is 5.53. The van der Waals surface area contributed by atoms with Crippen molar-refractivity contribution in [3.8, 4) is 0 Å². The Hall–Kier alpha value is -0.521. The van der Waals surface area contributed by atoms with Crippen LogP contribution in [0.3, 0.4) is 0 Å². The summed E-state index contributed by atoms with van der Waals surface area (Å²) in [6, 6.07) is 19.8. The second-order valence-corrected chi connectivity index (χ2v) is 7.34. The monoisotopic (exact) mass is 328 g/mol. The van der Waals surface area contributed by atoms with Gasteiger partial charge in [-0.1, -0.05) is 0 Å². The molecule has 0 aliphatic rings. The molecular formula is C13H12Se2. The van der Waals surface area contributed by atoms with E-state index in [-0.39, 0.29) is 0 Å². The van der Waals surface area contributed by atoms with E-state index in [1.807, 2.05) is 0 Å². The maximum atomic E-state index is 2.27. The van der Waals surface area contributed by atoms with Crippen LogP contribution in [0.4, 0.5) is 0 Å². The van der Waals surface area contributed by atoms with E-state index in [0.717, 1.165) is 0 Å². The van der Waals surface area contributed by atoms with Crippen molar-refractivity contribution in [2.75, 3.05) is 0 Å². The van der Waals surface area contributed by atoms with Crippen LogP contribution in [0.5, 0.6) is 0 Å². The average molecular weight is 326 g/mol. The van der Waals surface area contributed by atoms with Gasteiger partial charge in [0.1, 0.15) is 0 Å². The van der Waals surface area contributed by atoms with Crippen molar-refractivity contribution >= 4 is 43.3 Å².